The maximum atomic E-state index is 12.6. The van der Waals surface area contributed by atoms with E-state index in [0.29, 0.717) is 16.3 Å². The molecule has 24 heavy (non-hydrogen) atoms. The first-order valence-electron chi connectivity index (χ1n) is 6.88. The molecule has 1 aliphatic heterocycles. The van der Waals surface area contributed by atoms with Gasteiger partial charge in [-0.1, -0.05) is 39.7 Å². The lowest BCUT2D eigenvalue weighted by Crippen LogP contribution is -2.54. The molecule has 0 saturated carbocycles. The van der Waals surface area contributed by atoms with E-state index in [-0.39, 0.29) is 5.57 Å². The highest BCUT2D eigenvalue weighted by molar-refractivity contribution is 9.10. The zero-order valence-electron chi connectivity index (χ0n) is 12.1. The molecule has 0 atom stereocenters. The maximum absolute atomic E-state index is 12.6. The van der Waals surface area contributed by atoms with E-state index < -0.39 is 17.8 Å². The van der Waals surface area contributed by atoms with Gasteiger partial charge in [-0.15, -0.1) is 0 Å². The summed E-state index contributed by atoms with van der Waals surface area (Å²) in [6, 6.07) is 12.5. The molecule has 1 heterocycles. The van der Waals surface area contributed by atoms with Crippen molar-refractivity contribution < 1.29 is 14.4 Å². The summed E-state index contributed by atoms with van der Waals surface area (Å²) in [7, 11) is 0. The number of carbonyl (C=O) groups excluding carboxylic acids is 3. The van der Waals surface area contributed by atoms with Crippen LogP contribution in [-0.4, -0.2) is 17.8 Å². The van der Waals surface area contributed by atoms with E-state index in [1.165, 1.54) is 6.08 Å². The number of hydrogen-bond donors (Lipinski definition) is 1. The minimum atomic E-state index is -0.777. The first-order valence-corrected chi connectivity index (χ1v) is 8.05. The summed E-state index contributed by atoms with van der Waals surface area (Å²) in [6.07, 6.45) is 1.42. The Morgan fingerprint density at radius 3 is 2.21 bits per heavy atom. The third kappa shape index (κ3) is 3.25. The molecule has 5 nitrogen and oxygen atoms in total. The Hall–Kier alpha value is -2.44. The highest BCUT2D eigenvalue weighted by Crippen LogP contribution is 2.24. The number of nitrogens with one attached hydrogen (secondary N) is 1. The van der Waals surface area contributed by atoms with E-state index in [0.717, 1.165) is 9.37 Å². The smallest absolute Gasteiger partial charge is 0.273 e. The Bertz CT molecular complexity index is 860. The Labute approximate surface area is 151 Å². The van der Waals surface area contributed by atoms with E-state index >= 15 is 0 Å². The van der Waals surface area contributed by atoms with E-state index in [9.17, 15) is 14.4 Å². The monoisotopic (exact) mass is 404 g/mol. The van der Waals surface area contributed by atoms with Gasteiger partial charge in [0.25, 0.3) is 11.8 Å². The van der Waals surface area contributed by atoms with Gasteiger partial charge in [-0.05, 0) is 48.0 Å². The lowest BCUT2D eigenvalue weighted by Gasteiger charge is -2.26. The molecule has 1 fully saturated rings. The molecule has 3 rings (SSSR count). The molecule has 0 spiro atoms. The summed E-state index contributed by atoms with van der Waals surface area (Å²) >= 11 is 9.11. The van der Waals surface area contributed by atoms with Crippen molar-refractivity contribution in [1.29, 1.82) is 0 Å². The number of carbonyl (C=O) groups is 3. The highest BCUT2D eigenvalue weighted by Gasteiger charge is 2.36. The predicted octanol–water partition coefficient (Wildman–Crippen LogP) is 3.77. The standard InChI is InChI=1S/C17H10BrClN2O3/c18-11-3-7-13(8-4-11)21-16(23)14(15(22)20-17(21)24)9-10-1-5-12(19)6-2-10/h1-9H,(H,20,22,24)/b14-9-. The van der Waals surface area contributed by atoms with Crippen molar-refractivity contribution in [3.05, 3.63) is 69.2 Å². The fourth-order valence-corrected chi connectivity index (χ4v) is 2.60. The minimum absolute atomic E-state index is 0.125. The minimum Gasteiger partial charge on any atom is -0.273 e. The van der Waals surface area contributed by atoms with Crippen LogP contribution in [0.2, 0.25) is 5.02 Å². The molecule has 0 aromatic heterocycles. The number of rotatable bonds is 2. The number of imide groups is 2. The molecule has 4 amide bonds. The number of nitrogens with zero attached hydrogens (tertiary/aromatic N) is 1. The molecule has 0 unspecified atom stereocenters. The Morgan fingerprint density at radius 2 is 1.58 bits per heavy atom. The number of hydrogen-bond acceptors (Lipinski definition) is 3. The average molecular weight is 406 g/mol. The van der Waals surface area contributed by atoms with Crippen LogP contribution in [0.4, 0.5) is 10.5 Å². The van der Waals surface area contributed by atoms with Crippen LogP contribution < -0.4 is 10.2 Å². The van der Waals surface area contributed by atoms with Crippen LogP contribution in [-0.2, 0) is 9.59 Å². The van der Waals surface area contributed by atoms with E-state index in [1.807, 2.05) is 0 Å². The Morgan fingerprint density at radius 1 is 0.958 bits per heavy atom. The lowest BCUT2D eigenvalue weighted by atomic mass is 10.1. The largest absolute Gasteiger partial charge is 0.335 e. The van der Waals surface area contributed by atoms with Crippen LogP contribution in [0.1, 0.15) is 5.56 Å². The third-order valence-corrected chi connectivity index (χ3v) is 4.15. The van der Waals surface area contributed by atoms with Gasteiger partial charge in [0.15, 0.2) is 0 Å². The second-order valence-electron chi connectivity index (χ2n) is 4.99. The van der Waals surface area contributed by atoms with Crippen LogP contribution in [0.5, 0.6) is 0 Å². The van der Waals surface area contributed by atoms with Crippen molar-refractivity contribution >= 4 is 57.1 Å². The van der Waals surface area contributed by atoms with Gasteiger partial charge < -0.3 is 0 Å². The molecule has 0 aliphatic carbocycles. The molecule has 7 heteroatoms. The van der Waals surface area contributed by atoms with Gasteiger partial charge >= 0.3 is 6.03 Å². The van der Waals surface area contributed by atoms with Crippen LogP contribution in [0.3, 0.4) is 0 Å². The van der Waals surface area contributed by atoms with Crippen LogP contribution in [0, 0.1) is 0 Å². The highest BCUT2D eigenvalue weighted by atomic mass is 79.9. The molecule has 2 aromatic rings. The summed E-state index contributed by atoms with van der Waals surface area (Å²) in [4.78, 5) is 37.7. The lowest BCUT2D eigenvalue weighted by molar-refractivity contribution is -0.122. The predicted molar refractivity (Wildman–Crippen MR) is 94.6 cm³/mol. The molecule has 1 saturated heterocycles. The Balaban J connectivity index is 1.99. The van der Waals surface area contributed by atoms with Crippen molar-refractivity contribution in [3.63, 3.8) is 0 Å². The first kappa shape index (κ1) is 16.4. The SMILES string of the molecule is O=C1NC(=O)N(c2ccc(Br)cc2)C(=O)/C1=C\c1ccc(Cl)cc1. The molecule has 2 aromatic carbocycles. The Kier molecular flexibility index (Phi) is 4.51. The number of barbiturate groups is 1. The fourth-order valence-electron chi connectivity index (χ4n) is 2.21. The average Bonchev–Trinajstić information content (AvgIpc) is 2.55. The quantitative estimate of drug-likeness (QED) is 0.611. The molecule has 1 aliphatic rings. The molecular formula is C17H10BrClN2O3. The summed E-state index contributed by atoms with van der Waals surface area (Å²) in [5, 5.41) is 2.72. The van der Waals surface area contributed by atoms with Gasteiger partial charge in [-0.3, -0.25) is 14.9 Å². The number of urea groups is 1. The number of halogens is 2. The van der Waals surface area contributed by atoms with Gasteiger partial charge in [0.05, 0.1) is 5.69 Å². The molecule has 0 radical (unpaired) electrons. The number of amides is 4. The van der Waals surface area contributed by atoms with E-state index in [4.69, 9.17) is 11.6 Å². The zero-order valence-corrected chi connectivity index (χ0v) is 14.5. The normalized spacial score (nSPS) is 16.5. The summed E-state index contributed by atoms with van der Waals surface area (Å²) < 4.78 is 0.809. The number of anilines is 1. The van der Waals surface area contributed by atoms with Crippen LogP contribution >= 0.6 is 27.5 Å². The van der Waals surface area contributed by atoms with Gasteiger partial charge in [0.1, 0.15) is 5.57 Å². The van der Waals surface area contributed by atoms with Gasteiger partial charge in [-0.2, -0.15) is 0 Å². The fraction of sp³-hybridized carbons (Fsp3) is 0. The first-order chi connectivity index (χ1) is 11.5. The van der Waals surface area contributed by atoms with Gasteiger partial charge in [0.2, 0.25) is 0 Å². The second-order valence-corrected chi connectivity index (χ2v) is 6.34. The zero-order chi connectivity index (χ0) is 17.3. The van der Waals surface area contributed by atoms with Crippen molar-refractivity contribution in [2.75, 3.05) is 4.90 Å². The van der Waals surface area contributed by atoms with Crippen LogP contribution in [0.25, 0.3) is 6.08 Å². The van der Waals surface area contributed by atoms with Gasteiger partial charge in [-0.25, -0.2) is 9.69 Å². The van der Waals surface area contributed by atoms with Crippen molar-refractivity contribution in [3.8, 4) is 0 Å². The second kappa shape index (κ2) is 6.59. The molecule has 1 N–H and O–H groups in total. The van der Waals surface area contributed by atoms with E-state index in [2.05, 4.69) is 21.2 Å². The topological polar surface area (TPSA) is 66.5 Å². The summed E-state index contributed by atoms with van der Waals surface area (Å²) in [5.74, 6) is -1.41. The third-order valence-electron chi connectivity index (χ3n) is 3.37. The van der Waals surface area contributed by atoms with E-state index in [1.54, 1.807) is 48.5 Å². The maximum Gasteiger partial charge on any atom is 0.335 e. The van der Waals surface area contributed by atoms with Crippen molar-refractivity contribution in [2.45, 2.75) is 0 Å². The summed E-state index contributed by atoms with van der Waals surface area (Å²) in [6.45, 7) is 0. The van der Waals surface area contributed by atoms with Crippen LogP contribution in [0.15, 0.2) is 58.6 Å². The van der Waals surface area contributed by atoms with Gasteiger partial charge in [0, 0.05) is 9.50 Å². The number of benzene rings is 2. The van der Waals surface area contributed by atoms with Crippen molar-refractivity contribution in [1.82, 2.24) is 5.32 Å². The molecular weight excluding hydrogens is 396 g/mol. The molecule has 0 bridgehead atoms. The van der Waals surface area contributed by atoms with Crippen molar-refractivity contribution in [2.24, 2.45) is 0 Å². The summed E-state index contributed by atoms with van der Waals surface area (Å²) in [5.41, 5.74) is 0.873. The molecule has 120 valence electrons.